The van der Waals surface area contributed by atoms with Crippen molar-refractivity contribution in [3.63, 3.8) is 0 Å². The average molecular weight is 243 g/mol. The molecule has 0 spiro atoms. The Kier molecular flexibility index (Phi) is 3.13. The minimum absolute atomic E-state index is 0.300. The summed E-state index contributed by atoms with van der Waals surface area (Å²) in [5, 5.41) is 0. The van der Waals surface area contributed by atoms with E-state index < -0.39 is 0 Å². The molecule has 0 aliphatic carbocycles. The van der Waals surface area contributed by atoms with Crippen molar-refractivity contribution in [2.24, 2.45) is 5.73 Å². The van der Waals surface area contributed by atoms with Gasteiger partial charge in [0.05, 0.1) is 12.7 Å². The van der Waals surface area contributed by atoms with Gasteiger partial charge in [0.15, 0.2) is 5.76 Å². The molecule has 0 amide bonds. The van der Waals surface area contributed by atoms with Crippen LogP contribution < -0.4 is 5.73 Å². The van der Waals surface area contributed by atoms with Crippen LogP contribution >= 0.6 is 0 Å². The summed E-state index contributed by atoms with van der Waals surface area (Å²) in [5.74, 6) is 1.59. The highest BCUT2D eigenvalue weighted by atomic mass is 16.4. The summed E-state index contributed by atoms with van der Waals surface area (Å²) in [7, 11) is 0. The number of hydrogen-bond acceptors (Lipinski definition) is 4. The summed E-state index contributed by atoms with van der Waals surface area (Å²) in [6, 6.07) is 10.3. The normalized spacial score (nSPS) is 20.4. The molecule has 1 fully saturated rings. The number of aromatic nitrogens is 1. The fraction of sp³-hybridized carbons (Fsp3) is 0.357. The van der Waals surface area contributed by atoms with Crippen molar-refractivity contribution in [2.75, 3.05) is 13.1 Å². The van der Waals surface area contributed by atoms with Crippen molar-refractivity contribution >= 4 is 0 Å². The van der Waals surface area contributed by atoms with Gasteiger partial charge in [-0.2, -0.15) is 0 Å². The van der Waals surface area contributed by atoms with Gasteiger partial charge < -0.3 is 10.2 Å². The van der Waals surface area contributed by atoms with Gasteiger partial charge in [-0.15, -0.1) is 0 Å². The average Bonchev–Trinajstić information content (AvgIpc) is 3.01. The van der Waals surface area contributed by atoms with Gasteiger partial charge in [-0.3, -0.25) is 4.90 Å². The van der Waals surface area contributed by atoms with Crippen LogP contribution in [0.25, 0.3) is 11.3 Å². The van der Waals surface area contributed by atoms with E-state index in [1.807, 2.05) is 30.3 Å². The molecule has 2 aromatic rings. The molecule has 0 unspecified atom stereocenters. The van der Waals surface area contributed by atoms with Gasteiger partial charge in [-0.05, 0) is 6.42 Å². The number of oxazole rings is 1. The molecule has 1 aliphatic rings. The number of nitrogens with two attached hydrogens (primary N) is 1. The molecular formula is C14H17N3O. The minimum atomic E-state index is 0.300. The second-order valence-electron chi connectivity index (χ2n) is 4.77. The van der Waals surface area contributed by atoms with Crippen molar-refractivity contribution in [1.82, 2.24) is 9.88 Å². The Hall–Kier alpha value is -1.65. The van der Waals surface area contributed by atoms with Crippen molar-refractivity contribution < 1.29 is 4.42 Å². The number of hydrogen-bond donors (Lipinski definition) is 1. The zero-order chi connectivity index (χ0) is 12.4. The highest BCUT2D eigenvalue weighted by molar-refractivity contribution is 5.55. The fourth-order valence-corrected chi connectivity index (χ4v) is 2.32. The van der Waals surface area contributed by atoms with Gasteiger partial charge in [-0.1, -0.05) is 30.3 Å². The molecule has 2 heterocycles. The van der Waals surface area contributed by atoms with E-state index in [0.29, 0.717) is 6.04 Å². The maximum Gasteiger partial charge on any atom is 0.209 e. The number of benzene rings is 1. The predicted octanol–water partition coefficient (Wildman–Crippen LogP) is 1.87. The van der Waals surface area contributed by atoms with Crippen LogP contribution in [0.15, 0.2) is 40.9 Å². The summed E-state index contributed by atoms with van der Waals surface area (Å²) in [6.07, 6.45) is 2.85. The molecule has 4 nitrogen and oxygen atoms in total. The molecule has 0 radical (unpaired) electrons. The smallest absolute Gasteiger partial charge is 0.209 e. The fourth-order valence-electron chi connectivity index (χ4n) is 2.32. The molecule has 94 valence electrons. The van der Waals surface area contributed by atoms with Crippen LogP contribution in [0, 0.1) is 0 Å². The molecule has 0 bridgehead atoms. The molecule has 2 N–H and O–H groups in total. The van der Waals surface area contributed by atoms with E-state index in [4.69, 9.17) is 10.2 Å². The number of likely N-dealkylation sites (tertiary alicyclic amines) is 1. The van der Waals surface area contributed by atoms with Crippen molar-refractivity contribution in [3.8, 4) is 11.3 Å². The Labute approximate surface area is 106 Å². The van der Waals surface area contributed by atoms with E-state index in [1.165, 1.54) is 0 Å². The summed E-state index contributed by atoms with van der Waals surface area (Å²) in [5.41, 5.74) is 6.95. The zero-order valence-electron chi connectivity index (χ0n) is 10.2. The Bertz CT molecular complexity index is 509. The molecule has 4 heteroatoms. The van der Waals surface area contributed by atoms with Gasteiger partial charge in [0, 0.05) is 24.7 Å². The highest BCUT2D eigenvalue weighted by Gasteiger charge is 2.20. The monoisotopic (exact) mass is 243 g/mol. The molecule has 1 aromatic heterocycles. The first-order valence-electron chi connectivity index (χ1n) is 6.29. The first kappa shape index (κ1) is 11.4. The summed E-state index contributed by atoms with van der Waals surface area (Å²) in [6.45, 7) is 2.72. The highest BCUT2D eigenvalue weighted by Crippen LogP contribution is 2.21. The van der Waals surface area contributed by atoms with E-state index in [1.54, 1.807) is 6.20 Å². The van der Waals surface area contributed by atoms with Crippen LogP contribution in [-0.4, -0.2) is 29.0 Å². The predicted molar refractivity (Wildman–Crippen MR) is 69.8 cm³/mol. The van der Waals surface area contributed by atoms with Gasteiger partial charge in [-0.25, -0.2) is 4.98 Å². The maximum atomic E-state index is 5.88. The summed E-state index contributed by atoms with van der Waals surface area (Å²) in [4.78, 5) is 6.61. The van der Waals surface area contributed by atoms with E-state index >= 15 is 0 Å². The molecule has 1 saturated heterocycles. The first-order valence-corrected chi connectivity index (χ1v) is 6.29. The Morgan fingerprint density at radius 3 is 2.89 bits per heavy atom. The SMILES string of the molecule is N[C@@H]1CCN(Cc2ncc(-c3ccccc3)o2)C1. The lowest BCUT2D eigenvalue weighted by molar-refractivity contribution is 0.289. The van der Waals surface area contributed by atoms with Gasteiger partial charge >= 0.3 is 0 Å². The molecule has 0 saturated carbocycles. The van der Waals surface area contributed by atoms with E-state index in [9.17, 15) is 0 Å². The molecule has 1 aliphatic heterocycles. The quantitative estimate of drug-likeness (QED) is 0.894. The lowest BCUT2D eigenvalue weighted by Gasteiger charge is -2.11. The Balaban J connectivity index is 1.70. The summed E-state index contributed by atoms with van der Waals surface area (Å²) < 4.78 is 5.77. The third kappa shape index (κ3) is 2.44. The van der Waals surface area contributed by atoms with Crippen LogP contribution in [0.5, 0.6) is 0 Å². The van der Waals surface area contributed by atoms with E-state index in [-0.39, 0.29) is 0 Å². The van der Waals surface area contributed by atoms with Crippen molar-refractivity contribution in [2.45, 2.75) is 19.0 Å². The molecule has 1 atom stereocenters. The van der Waals surface area contributed by atoms with Gasteiger partial charge in [0.25, 0.3) is 0 Å². The van der Waals surface area contributed by atoms with Crippen LogP contribution in [0.1, 0.15) is 12.3 Å². The first-order chi connectivity index (χ1) is 8.81. The number of nitrogens with zero attached hydrogens (tertiary/aromatic N) is 2. The van der Waals surface area contributed by atoms with Crippen LogP contribution in [0.2, 0.25) is 0 Å². The standard InChI is InChI=1S/C14H17N3O/c15-12-6-7-17(9-12)10-14-16-8-13(18-14)11-4-2-1-3-5-11/h1-5,8,12H,6-7,9-10,15H2/t12-/m1/s1. The third-order valence-electron chi connectivity index (χ3n) is 3.28. The second-order valence-corrected chi connectivity index (χ2v) is 4.77. The van der Waals surface area contributed by atoms with Crippen LogP contribution in [-0.2, 0) is 6.54 Å². The molecule has 1 aromatic carbocycles. The zero-order valence-corrected chi connectivity index (χ0v) is 10.2. The largest absolute Gasteiger partial charge is 0.439 e. The molecule has 18 heavy (non-hydrogen) atoms. The lowest BCUT2D eigenvalue weighted by atomic mass is 10.2. The second kappa shape index (κ2) is 4.92. The number of rotatable bonds is 3. The van der Waals surface area contributed by atoms with E-state index in [0.717, 1.165) is 43.3 Å². The van der Waals surface area contributed by atoms with Crippen molar-refractivity contribution in [1.29, 1.82) is 0 Å². The maximum absolute atomic E-state index is 5.88. The Morgan fingerprint density at radius 2 is 2.17 bits per heavy atom. The van der Waals surface area contributed by atoms with E-state index in [2.05, 4.69) is 9.88 Å². The van der Waals surface area contributed by atoms with Gasteiger partial charge in [0.2, 0.25) is 5.89 Å². The molecular weight excluding hydrogens is 226 g/mol. The van der Waals surface area contributed by atoms with Gasteiger partial charge in [0.1, 0.15) is 0 Å². The van der Waals surface area contributed by atoms with Crippen molar-refractivity contribution in [3.05, 3.63) is 42.4 Å². The topological polar surface area (TPSA) is 55.3 Å². The lowest BCUT2D eigenvalue weighted by Crippen LogP contribution is -2.26. The molecule has 3 rings (SSSR count). The summed E-state index contributed by atoms with van der Waals surface area (Å²) >= 11 is 0. The minimum Gasteiger partial charge on any atom is -0.439 e. The van der Waals surface area contributed by atoms with Crippen LogP contribution in [0.4, 0.5) is 0 Å². The van der Waals surface area contributed by atoms with Crippen LogP contribution in [0.3, 0.4) is 0 Å². The Morgan fingerprint density at radius 1 is 1.33 bits per heavy atom. The third-order valence-corrected chi connectivity index (χ3v) is 3.28.